The molecule has 7 nitrogen and oxygen atoms in total. The molecule has 2 aromatic rings. The Morgan fingerprint density at radius 3 is 2.81 bits per heavy atom. The highest BCUT2D eigenvalue weighted by molar-refractivity contribution is 7.09. The average Bonchev–Trinajstić information content (AvgIpc) is 3.28. The maximum absolute atomic E-state index is 5.77. The summed E-state index contributed by atoms with van der Waals surface area (Å²) in [5.41, 5.74) is 0. The van der Waals surface area contributed by atoms with Crippen molar-refractivity contribution >= 4 is 17.3 Å². The molecule has 142 valence electrons. The fourth-order valence-corrected chi connectivity index (χ4v) is 3.70. The van der Waals surface area contributed by atoms with Crippen LogP contribution in [0.15, 0.2) is 22.5 Å². The number of piperidine rings is 1. The predicted molar refractivity (Wildman–Crippen MR) is 104 cm³/mol. The van der Waals surface area contributed by atoms with Crippen LogP contribution in [0, 0.1) is 6.92 Å². The highest BCUT2D eigenvalue weighted by atomic mass is 32.1. The van der Waals surface area contributed by atoms with E-state index >= 15 is 0 Å². The molecule has 0 amide bonds. The fraction of sp³-hybridized carbons (Fsp3) is 0.611. The Morgan fingerprint density at radius 2 is 2.19 bits per heavy atom. The van der Waals surface area contributed by atoms with E-state index in [1.165, 1.54) is 4.88 Å². The van der Waals surface area contributed by atoms with Crippen LogP contribution in [0.2, 0.25) is 0 Å². The highest BCUT2D eigenvalue weighted by Gasteiger charge is 2.22. The lowest BCUT2D eigenvalue weighted by molar-refractivity contribution is 0.0263. The van der Waals surface area contributed by atoms with E-state index in [-0.39, 0.29) is 0 Å². The summed E-state index contributed by atoms with van der Waals surface area (Å²) in [7, 11) is 1.98. The Kier molecular flexibility index (Phi) is 6.62. The van der Waals surface area contributed by atoms with Crippen LogP contribution in [0.3, 0.4) is 0 Å². The molecule has 0 unspecified atom stereocenters. The largest absolute Gasteiger partial charge is 0.378 e. The zero-order valence-corrected chi connectivity index (χ0v) is 16.6. The van der Waals surface area contributed by atoms with E-state index in [2.05, 4.69) is 44.9 Å². The quantitative estimate of drug-likeness (QED) is 0.619. The first kappa shape index (κ1) is 18.8. The molecule has 1 fully saturated rings. The van der Waals surface area contributed by atoms with Crippen molar-refractivity contribution < 1.29 is 4.74 Å². The number of likely N-dealkylation sites (tertiary alicyclic amines) is 1. The van der Waals surface area contributed by atoms with Crippen molar-refractivity contribution in [1.29, 1.82) is 0 Å². The van der Waals surface area contributed by atoms with Crippen LogP contribution in [0.5, 0.6) is 0 Å². The monoisotopic (exact) mass is 376 g/mol. The van der Waals surface area contributed by atoms with E-state index in [1.807, 2.05) is 18.5 Å². The van der Waals surface area contributed by atoms with Gasteiger partial charge >= 0.3 is 0 Å². The summed E-state index contributed by atoms with van der Waals surface area (Å²) < 4.78 is 7.76. The molecular weight excluding hydrogens is 348 g/mol. The second-order valence-corrected chi connectivity index (χ2v) is 7.47. The number of guanidine groups is 1. The molecule has 3 rings (SSSR count). The first-order valence-corrected chi connectivity index (χ1v) is 10.1. The first-order chi connectivity index (χ1) is 12.7. The number of hydrogen-bond donors (Lipinski definition) is 1. The Morgan fingerprint density at radius 1 is 1.38 bits per heavy atom. The van der Waals surface area contributed by atoms with Crippen molar-refractivity contribution in [3.63, 3.8) is 0 Å². The summed E-state index contributed by atoms with van der Waals surface area (Å²) in [4.78, 5) is 8.46. The lowest BCUT2D eigenvalue weighted by Gasteiger charge is -2.34. The summed E-state index contributed by atoms with van der Waals surface area (Å²) in [5, 5.41) is 14.0. The van der Waals surface area contributed by atoms with E-state index in [1.54, 1.807) is 11.3 Å². The molecule has 0 saturated carbocycles. The van der Waals surface area contributed by atoms with Gasteiger partial charge in [0, 0.05) is 31.6 Å². The highest BCUT2D eigenvalue weighted by Crippen LogP contribution is 2.15. The number of aryl methyl sites for hydroxylation is 1. The molecule has 0 aliphatic carbocycles. The molecule has 8 heteroatoms. The minimum absolute atomic E-state index is 0.371. The zero-order valence-electron chi connectivity index (χ0n) is 15.8. The van der Waals surface area contributed by atoms with E-state index in [9.17, 15) is 0 Å². The average molecular weight is 377 g/mol. The summed E-state index contributed by atoms with van der Waals surface area (Å²) in [6.45, 7) is 8.03. The number of rotatable bonds is 6. The van der Waals surface area contributed by atoms with Crippen LogP contribution in [0.25, 0.3) is 0 Å². The van der Waals surface area contributed by atoms with Gasteiger partial charge in [-0.1, -0.05) is 6.07 Å². The van der Waals surface area contributed by atoms with Gasteiger partial charge in [0.15, 0.2) is 11.8 Å². The molecule has 1 aliphatic heterocycles. The Labute approximate surface area is 159 Å². The van der Waals surface area contributed by atoms with Gasteiger partial charge < -0.3 is 19.5 Å². The zero-order chi connectivity index (χ0) is 18.4. The van der Waals surface area contributed by atoms with Gasteiger partial charge in [0.05, 0.1) is 12.6 Å². The van der Waals surface area contributed by atoms with Crippen LogP contribution in [-0.4, -0.2) is 51.4 Å². The Bertz CT molecular complexity index is 703. The Balaban J connectivity index is 1.66. The second kappa shape index (κ2) is 9.14. The smallest absolute Gasteiger partial charge is 0.194 e. The number of aliphatic imine (C=N–C) groups is 1. The molecule has 0 spiro atoms. The van der Waals surface area contributed by atoms with Crippen molar-refractivity contribution in [3.05, 3.63) is 34.0 Å². The van der Waals surface area contributed by atoms with Gasteiger partial charge in [0.1, 0.15) is 12.4 Å². The number of nitrogens with zero attached hydrogens (tertiary/aromatic N) is 5. The molecule has 0 aromatic carbocycles. The SMILES string of the molecule is CCOC1CCN(C(=NCc2nnc(C)n2C)NCc2cccs2)CC1. The number of thiophene rings is 1. The lowest BCUT2D eigenvalue weighted by atomic mass is 10.1. The molecule has 2 aromatic heterocycles. The van der Waals surface area contributed by atoms with Crippen LogP contribution < -0.4 is 5.32 Å². The molecule has 3 heterocycles. The van der Waals surface area contributed by atoms with E-state index in [4.69, 9.17) is 9.73 Å². The third-order valence-corrected chi connectivity index (χ3v) is 5.57. The van der Waals surface area contributed by atoms with Gasteiger partial charge in [-0.3, -0.25) is 0 Å². The van der Waals surface area contributed by atoms with Crippen molar-refractivity contribution in [2.24, 2.45) is 12.0 Å². The van der Waals surface area contributed by atoms with Crippen LogP contribution in [0.4, 0.5) is 0 Å². The number of nitrogens with one attached hydrogen (secondary N) is 1. The number of ether oxygens (including phenoxy) is 1. The van der Waals surface area contributed by atoms with Gasteiger partial charge in [-0.25, -0.2) is 4.99 Å². The normalized spacial score (nSPS) is 16.3. The molecule has 1 N–H and O–H groups in total. The fourth-order valence-electron chi connectivity index (χ4n) is 3.05. The first-order valence-electron chi connectivity index (χ1n) is 9.19. The van der Waals surface area contributed by atoms with Crippen molar-refractivity contribution in [1.82, 2.24) is 25.0 Å². The Hall–Kier alpha value is -1.93. The van der Waals surface area contributed by atoms with Crippen molar-refractivity contribution in [2.45, 2.75) is 45.9 Å². The van der Waals surface area contributed by atoms with Gasteiger partial charge in [-0.15, -0.1) is 21.5 Å². The molecule has 1 saturated heterocycles. The third kappa shape index (κ3) is 4.82. The molecule has 26 heavy (non-hydrogen) atoms. The van der Waals surface area contributed by atoms with Crippen LogP contribution >= 0.6 is 11.3 Å². The van der Waals surface area contributed by atoms with E-state index in [0.717, 1.165) is 56.7 Å². The predicted octanol–water partition coefficient (Wildman–Crippen LogP) is 2.33. The van der Waals surface area contributed by atoms with Gasteiger partial charge in [-0.05, 0) is 38.1 Å². The van der Waals surface area contributed by atoms with Crippen LogP contribution in [-0.2, 0) is 24.9 Å². The number of aromatic nitrogens is 3. The maximum atomic E-state index is 5.77. The topological polar surface area (TPSA) is 67.6 Å². The second-order valence-electron chi connectivity index (χ2n) is 6.44. The van der Waals surface area contributed by atoms with Crippen molar-refractivity contribution in [3.8, 4) is 0 Å². The molecular formula is C18H28N6OS. The molecule has 0 radical (unpaired) electrons. The molecule has 0 atom stereocenters. The summed E-state index contributed by atoms with van der Waals surface area (Å²) in [5.74, 6) is 2.72. The van der Waals surface area contributed by atoms with Gasteiger partial charge in [-0.2, -0.15) is 0 Å². The summed E-state index contributed by atoms with van der Waals surface area (Å²) in [6.07, 6.45) is 2.45. The minimum Gasteiger partial charge on any atom is -0.378 e. The van der Waals surface area contributed by atoms with Crippen LogP contribution in [0.1, 0.15) is 36.3 Å². The van der Waals surface area contributed by atoms with Crippen molar-refractivity contribution in [2.75, 3.05) is 19.7 Å². The van der Waals surface area contributed by atoms with E-state index in [0.29, 0.717) is 12.6 Å². The maximum Gasteiger partial charge on any atom is 0.194 e. The minimum atomic E-state index is 0.371. The lowest BCUT2D eigenvalue weighted by Crippen LogP contribution is -2.46. The molecule has 1 aliphatic rings. The van der Waals surface area contributed by atoms with Gasteiger partial charge in [0.2, 0.25) is 0 Å². The standard InChI is InChI=1S/C18H28N6OS/c1-4-25-15-7-9-24(10-8-15)18(19-12-16-6-5-11-26-16)20-13-17-22-21-14(2)23(17)3/h5-6,11,15H,4,7-10,12-13H2,1-3H3,(H,19,20). The van der Waals surface area contributed by atoms with E-state index < -0.39 is 0 Å². The third-order valence-electron chi connectivity index (χ3n) is 4.70. The summed E-state index contributed by atoms with van der Waals surface area (Å²) >= 11 is 1.76. The summed E-state index contributed by atoms with van der Waals surface area (Å²) in [6, 6.07) is 4.22. The van der Waals surface area contributed by atoms with Gasteiger partial charge in [0.25, 0.3) is 0 Å². The number of hydrogen-bond acceptors (Lipinski definition) is 5. The molecule has 0 bridgehead atoms.